The number of hydrogen-bond acceptors (Lipinski definition) is 7. The first kappa shape index (κ1) is 21.8. The van der Waals surface area contributed by atoms with E-state index in [1.54, 1.807) is 29.2 Å². The van der Waals surface area contributed by atoms with Gasteiger partial charge in [0.05, 0.1) is 29.5 Å². The molecule has 0 saturated heterocycles. The predicted molar refractivity (Wildman–Crippen MR) is 118 cm³/mol. The Morgan fingerprint density at radius 2 is 1.97 bits per heavy atom. The molecule has 11 nitrogen and oxygen atoms in total. The van der Waals surface area contributed by atoms with Crippen molar-refractivity contribution in [1.29, 1.82) is 0 Å². The van der Waals surface area contributed by atoms with Crippen LogP contribution in [0.3, 0.4) is 0 Å². The molecule has 0 aliphatic rings. The van der Waals surface area contributed by atoms with Crippen LogP contribution in [-0.4, -0.2) is 30.4 Å². The van der Waals surface area contributed by atoms with Gasteiger partial charge < -0.3 is 14.5 Å². The van der Waals surface area contributed by atoms with E-state index in [1.165, 1.54) is 24.3 Å². The van der Waals surface area contributed by atoms with Gasteiger partial charge in [-0.05, 0) is 38.1 Å². The molecular weight excluding hydrogens is 428 g/mol. The highest BCUT2D eigenvalue weighted by Crippen LogP contribution is 2.19. The monoisotopic (exact) mass is 450 g/mol. The van der Waals surface area contributed by atoms with Gasteiger partial charge in [-0.15, -0.1) is 0 Å². The quantitative estimate of drug-likeness (QED) is 0.303. The summed E-state index contributed by atoms with van der Waals surface area (Å²) >= 11 is 0. The number of carbonyl (C=O) groups is 1. The van der Waals surface area contributed by atoms with Crippen molar-refractivity contribution in [2.45, 2.75) is 33.5 Å². The first-order valence-electron chi connectivity index (χ1n) is 10.2. The zero-order valence-corrected chi connectivity index (χ0v) is 18.1. The number of aromatic nitrogens is 4. The average Bonchev–Trinajstić information content (AvgIpc) is 3.54. The van der Waals surface area contributed by atoms with Crippen LogP contribution in [0.1, 0.15) is 34.5 Å². The highest BCUT2D eigenvalue weighted by molar-refractivity contribution is 6.02. The maximum absolute atomic E-state index is 12.5. The summed E-state index contributed by atoms with van der Waals surface area (Å²) in [5, 5.41) is 22.1. The fourth-order valence-corrected chi connectivity index (χ4v) is 3.24. The number of nitro groups is 1. The van der Waals surface area contributed by atoms with Crippen molar-refractivity contribution in [3.8, 4) is 5.75 Å². The van der Waals surface area contributed by atoms with E-state index in [2.05, 4.69) is 15.5 Å². The number of non-ortho nitro benzene ring substituents is 1. The van der Waals surface area contributed by atoms with Gasteiger partial charge in [0.25, 0.3) is 11.6 Å². The number of ether oxygens (including phenoxy) is 1. The van der Waals surface area contributed by atoms with Crippen molar-refractivity contribution >= 4 is 17.3 Å². The maximum atomic E-state index is 12.5. The van der Waals surface area contributed by atoms with Crippen molar-refractivity contribution in [2.75, 3.05) is 5.32 Å². The summed E-state index contributed by atoms with van der Waals surface area (Å²) in [6.07, 6.45) is 5.13. The molecule has 0 bridgehead atoms. The third kappa shape index (κ3) is 5.09. The molecule has 0 saturated carbocycles. The minimum atomic E-state index is -0.480. The van der Waals surface area contributed by atoms with Gasteiger partial charge >= 0.3 is 0 Å². The fraction of sp³-hybridized carbons (Fsp3) is 0.227. The lowest BCUT2D eigenvalue weighted by Crippen LogP contribution is -2.10. The Labute approximate surface area is 188 Å². The molecule has 3 aromatic heterocycles. The van der Waals surface area contributed by atoms with E-state index >= 15 is 0 Å². The molecule has 33 heavy (non-hydrogen) atoms. The number of furan rings is 1. The Kier molecular flexibility index (Phi) is 6.20. The normalized spacial score (nSPS) is 10.8. The van der Waals surface area contributed by atoms with E-state index in [0.717, 1.165) is 17.8 Å². The number of rotatable bonds is 9. The van der Waals surface area contributed by atoms with Crippen LogP contribution in [0.4, 0.5) is 11.4 Å². The Bertz CT molecular complexity index is 1270. The van der Waals surface area contributed by atoms with E-state index in [1.807, 2.05) is 24.7 Å². The van der Waals surface area contributed by atoms with Gasteiger partial charge in [-0.2, -0.15) is 10.2 Å². The van der Waals surface area contributed by atoms with Crippen LogP contribution >= 0.6 is 0 Å². The third-order valence-electron chi connectivity index (χ3n) is 5.04. The number of nitrogens with one attached hydrogen (secondary N) is 1. The number of hydrogen-bond donors (Lipinski definition) is 1. The highest BCUT2D eigenvalue weighted by Gasteiger charge is 2.14. The second kappa shape index (κ2) is 9.39. The Balaban J connectivity index is 1.32. The number of carbonyl (C=O) groups excluding carboxylic acids is 1. The average molecular weight is 450 g/mol. The van der Waals surface area contributed by atoms with E-state index in [-0.39, 0.29) is 18.1 Å². The van der Waals surface area contributed by atoms with E-state index in [9.17, 15) is 14.9 Å². The zero-order valence-electron chi connectivity index (χ0n) is 18.1. The minimum Gasteiger partial charge on any atom is -0.486 e. The largest absolute Gasteiger partial charge is 0.486 e. The molecular formula is C22H22N6O5. The van der Waals surface area contributed by atoms with Crippen molar-refractivity contribution in [3.05, 3.63) is 87.9 Å². The summed E-state index contributed by atoms with van der Waals surface area (Å²) in [7, 11) is 0. The number of anilines is 1. The Morgan fingerprint density at radius 1 is 1.18 bits per heavy atom. The summed E-state index contributed by atoms with van der Waals surface area (Å²) in [5.41, 5.74) is 2.66. The molecule has 4 aromatic rings. The van der Waals surface area contributed by atoms with Gasteiger partial charge in [-0.3, -0.25) is 24.3 Å². The first-order valence-corrected chi connectivity index (χ1v) is 10.2. The molecule has 4 rings (SSSR count). The van der Waals surface area contributed by atoms with Gasteiger partial charge in [0.2, 0.25) is 0 Å². The number of benzene rings is 1. The second-order valence-corrected chi connectivity index (χ2v) is 7.26. The molecule has 1 amide bonds. The number of nitro benzene ring substituents is 1. The van der Waals surface area contributed by atoms with Crippen LogP contribution in [0.15, 0.2) is 59.4 Å². The topological polar surface area (TPSA) is 130 Å². The van der Waals surface area contributed by atoms with Crippen LogP contribution in [0, 0.1) is 17.0 Å². The standard InChI is InChI=1S/C22H22N6O5/c1-3-27-15(2)16(10-24-27)12-26-13-17(11-23-26)25-22(29)21-9-8-20(33-21)14-32-19-6-4-18(5-7-19)28(30)31/h4-11,13H,3,12,14H2,1-2H3,(H,25,29). The van der Waals surface area contributed by atoms with Gasteiger partial charge in [0.15, 0.2) is 5.76 Å². The van der Waals surface area contributed by atoms with Crippen LogP contribution in [0.5, 0.6) is 5.75 Å². The van der Waals surface area contributed by atoms with Gasteiger partial charge in [-0.25, -0.2) is 0 Å². The van der Waals surface area contributed by atoms with E-state index in [4.69, 9.17) is 9.15 Å². The Morgan fingerprint density at radius 3 is 2.67 bits per heavy atom. The molecule has 0 unspecified atom stereocenters. The van der Waals surface area contributed by atoms with Gasteiger partial charge in [-0.1, -0.05) is 0 Å². The van der Waals surface area contributed by atoms with Crippen LogP contribution in [0.2, 0.25) is 0 Å². The fourth-order valence-electron chi connectivity index (χ4n) is 3.24. The highest BCUT2D eigenvalue weighted by atomic mass is 16.6. The molecule has 0 aliphatic carbocycles. The second-order valence-electron chi connectivity index (χ2n) is 7.26. The molecule has 0 radical (unpaired) electrons. The summed E-state index contributed by atoms with van der Waals surface area (Å²) in [5.74, 6) is 0.615. The van der Waals surface area contributed by atoms with Crippen molar-refractivity contribution in [1.82, 2.24) is 19.6 Å². The number of nitrogens with zero attached hydrogens (tertiary/aromatic N) is 5. The summed E-state index contributed by atoms with van der Waals surface area (Å²) in [4.78, 5) is 22.7. The molecule has 3 heterocycles. The molecule has 0 aliphatic heterocycles. The van der Waals surface area contributed by atoms with Crippen molar-refractivity contribution in [3.63, 3.8) is 0 Å². The molecule has 0 atom stereocenters. The zero-order chi connectivity index (χ0) is 23.4. The molecule has 1 N–H and O–H groups in total. The van der Waals surface area contributed by atoms with Crippen molar-refractivity contribution in [2.24, 2.45) is 0 Å². The lowest BCUT2D eigenvalue weighted by atomic mass is 10.2. The summed E-state index contributed by atoms with van der Waals surface area (Å²) in [6, 6.07) is 8.90. The smallest absolute Gasteiger partial charge is 0.291 e. The van der Waals surface area contributed by atoms with Crippen molar-refractivity contribution < 1.29 is 18.9 Å². The number of aryl methyl sites for hydroxylation is 1. The molecule has 0 spiro atoms. The van der Waals surface area contributed by atoms with E-state index in [0.29, 0.717) is 23.7 Å². The molecule has 0 fully saturated rings. The number of amides is 1. The van der Waals surface area contributed by atoms with Gasteiger partial charge in [0, 0.05) is 36.1 Å². The lowest BCUT2D eigenvalue weighted by Gasteiger charge is -2.04. The molecule has 170 valence electrons. The van der Waals surface area contributed by atoms with Crippen LogP contribution in [0.25, 0.3) is 0 Å². The van der Waals surface area contributed by atoms with Crippen LogP contribution in [-0.2, 0) is 19.7 Å². The summed E-state index contributed by atoms with van der Waals surface area (Å²) < 4.78 is 14.7. The van der Waals surface area contributed by atoms with Gasteiger partial charge in [0.1, 0.15) is 18.1 Å². The maximum Gasteiger partial charge on any atom is 0.291 e. The SMILES string of the molecule is CCn1ncc(Cn2cc(NC(=O)c3ccc(COc4ccc([N+](=O)[O-])cc4)o3)cn2)c1C. The lowest BCUT2D eigenvalue weighted by molar-refractivity contribution is -0.384. The third-order valence-corrected chi connectivity index (χ3v) is 5.04. The minimum absolute atomic E-state index is 0.0196. The first-order chi connectivity index (χ1) is 15.9. The summed E-state index contributed by atoms with van der Waals surface area (Å²) in [6.45, 7) is 5.47. The molecule has 1 aromatic carbocycles. The predicted octanol–water partition coefficient (Wildman–Crippen LogP) is 3.79. The Hall–Kier alpha value is -4.41. The molecule has 11 heteroatoms. The van der Waals surface area contributed by atoms with E-state index < -0.39 is 10.8 Å². The van der Waals surface area contributed by atoms with Crippen LogP contribution < -0.4 is 10.1 Å².